The van der Waals surface area contributed by atoms with E-state index < -0.39 is 11.9 Å². The summed E-state index contributed by atoms with van der Waals surface area (Å²) < 4.78 is 17.5. The first-order valence-electron chi connectivity index (χ1n) is 3.71. The van der Waals surface area contributed by atoms with Crippen LogP contribution < -0.4 is 0 Å². The largest absolute Gasteiger partial charge is 0.482 e. The van der Waals surface area contributed by atoms with Crippen LogP contribution in [0, 0.1) is 11.2 Å². The number of ether oxygens (including phenoxy) is 1. The number of aliphatic hydroxyl groups excluding tert-OH is 1. The lowest BCUT2D eigenvalue weighted by atomic mass is 10.1. The Morgan fingerprint density at radius 2 is 2.15 bits per heavy atom. The summed E-state index contributed by atoms with van der Waals surface area (Å²) in [5.74, 6) is -0.915. The third-order valence-electron chi connectivity index (χ3n) is 1.67. The van der Waals surface area contributed by atoms with E-state index >= 15 is 0 Å². The zero-order chi connectivity index (χ0) is 9.84. The van der Waals surface area contributed by atoms with Crippen LogP contribution in [0.4, 0.5) is 4.39 Å². The van der Waals surface area contributed by atoms with E-state index in [1.54, 1.807) is 6.07 Å². The number of hydrogen-bond donors (Lipinski definition) is 2. The number of benzene rings is 1. The van der Waals surface area contributed by atoms with Crippen molar-refractivity contribution in [2.45, 2.75) is 6.10 Å². The van der Waals surface area contributed by atoms with Gasteiger partial charge in [0.2, 0.25) is 5.90 Å². The fourth-order valence-corrected chi connectivity index (χ4v) is 0.950. The summed E-state index contributed by atoms with van der Waals surface area (Å²) in [5, 5.41) is 16.5. The van der Waals surface area contributed by atoms with E-state index in [2.05, 4.69) is 4.74 Å². The molecule has 0 heterocycles. The van der Waals surface area contributed by atoms with E-state index in [4.69, 9.17) is 5.41 Å². The molecule has 0 saturated heterocycles. The molecule has 1 rings (SSSR count). The maximum Gasteiger partial charge on any atom is 0.214 e. The molecule has 0 radical (unpaired) electrons. The van der Waals surface area contributed by atoms with Gasteiger partial charge >= 0.3 is 0 Å². The van der Waals surface area contributed by atoms with Crippen molar-refractivity contribution in [1.82, 2.24) is 0 Å². The minimum absolute atomic E-state index is 0.0503. The van der Waals surface area contributed by atoms with Crippen molar-refractivity contribution in [1.29, 1.82) is 5.41 Å². The fourth-order valence-electron chi connectivity index (χ4n) is 0.950. The summed E-state index contributed by atoms with van der Waals surface area (Å²) in [7, 11) is 1.26. The summed E-state index contributed by atoms with van der Waals surface area (Å²) in [6.45, 7) is 0. The molecule has 1 unspecified atom stereocenters. The molecule has 3 nitrogen and oxygen atoms in total. The monoisotopic (exact) mass is 183 g/mol. The lowest BCUT2D eigenvalue weighted by Crippen LogP contribution is -2.13. The summed E-state index contributed by atoms with van der Waals surface area (Å²) in [5.41, 5.74) is 0.0503. The van der Waals surface area contributed by atoms with Crippen LogP contribution in [0.1, 0.15) is 11.7 Å². The molecule has 0 bridgehead atoms. The Balaban J connectivity index is 2.95. The minimum Gasteiger partial charge on any atom is -0.482 e. The summed E-state index contributed by atoms with van der Waals surface area (Å²) >= 11 is 0. The van der Waals surface area contributed by atoms with E-state index in [0.29, 0.717) is 0 Å². The molecular formula is C9H10FNO2. The van der Waals surface area contributed by atoms with Crippen LogP contribution in [-0.2, 0) is 4.74 Å². The predicted molar refractivity (Wildman–Crippen MR) is 46.1 cm³/mol. The Hall–Kier alpha value is -1.42. The third-order valence-corrected chi connectivity index (χ3v) is 1.67. The van der Waals surface area contributed by atoms with Crippen molar-refractivity contribution in [3.63, 3.8) is 0 Å². The van der Waals surface area contributed by atoms with Crippen molar-refractivity contribution < 1.29 is 14.2 Å². The second kappa shape index (κ2) is 4.00. The molecule has 13 heavy (non-hydrogen) atoms. The van der Waals surface area contributed by atoms with Gasteiger partial charge in [0.1, 0.15) is 5.82 Å². The number of rotatable bonds is 2. The Morgan fingerprint density at radius 1 is 1.54 bits per heavy atom. The Labute approximate surface area is 75.3 Å². The van der Waals surface area contributed by atoms with Crippen LogP contribution in [0.15, 0.2) is 24.3 Å². The number of nitrogens with one attached hydrogen (secondary N) is 1. The zero-order valence-electron chi connectivity index (χ0n) is 7.12. The lowest BCUT2D eigenvalue weighted by molar-refractivity contribution is 0.201. The van der Waals surface area contributed by atoms with Gasteiger partial charge in [-0.1, -0.05) is 18.2 Å². The summed E-state index contributed by atoms with van der Waals surface area (Å²) in [4.78, 5) is 0. The van der Waals surface area contributed by atoms with Gasteiger partial charge < -0.3 is 9.84 Å². The van der Waals surface area contributed by atoms with E-state index in [-0.39, 0.29) is 11.5 Å². The van der Waals surface area contributed by atoms with E-state index in [1.807, 2.05) is 0 Å². The normalized spacial score (nSPS) is 12.2. The van der Waals surface area contributed by atoms with Gasteiger partial charge in [0, 0.05) is 5.56 Å². The van der Waals surface area contributed by atoms with Crippen LogP contribution in [0.5, 0.6) is 0 Å². The Morgan fingerprint density at radius 3 is 2.69 bits per heavy atom. The van der Waals surface area contributed by atoms with Crippen molar-refractivity contribution in [2.75, 3.05) is 7.11 Å². The SMILES string of the molecule is COC(=N)C(O)c1ccccc1F. The van der Waals surface area contributed by atoms with Gasteiger partial charge in [-0.05, 0) is 6.07 Å². The average molecular weight is 183 g/mol. The highest BCUT2D eigenvalue weighted by molar-refractivity contribution is 5.78. The maximum absolute atomic E-state index is 13.0. The van der Waals surface area contributed by atoms with Gasteiger partial charge in [0.15, 0.2) is 6.10 Å². The third kappa shape index (κ3) is 2.03. The summed E-state index contributed by atoms with van der Waals surface area (Å²) in [6.07, 6.45) is -1.33. The summed E-state index contributed by atoms with van der Waals surface area (Å²) in [6, 6.07) is 5.74. The first-order valence-corrected chi connectivity index (χ1v) is 3.71. The molecule has 0 aliphatic heterocycles. The molecule has 1 aromatic rings. The van der Waals surface area contributed by atoms with Crippen molar-refractivity contribution in [2.24, 2.45) is 0 Å². The highest BCUT2D eigenvalue weighted by Gasteiger charge is 2.17. The molecule has 2 N–H and O–H groups in total. The topological polar surface area (TPSA) is 53.3 Å². The van der Waals surface area contributed by atoms with Gasteiger partial charge in [-0.2, -0.15) is 0 Å². The number of hydrogen-bond acceptors (Lipinski definition) is 3. The maximum atomic E-state index is 13.0. The van der Waals surface area contributed by atoms with Crippen LogP contribution in [0.3, 0.4) is 0 Å². The van der Waals surface area contributed by atoms with E-state index in [0.717, 1.165) is 0 Å². The van der Waals surface area contributed by atoms with Gasteiger partial charge in [-0.25, -0.2) is 4.39 Å². The molecule has 0 aliphatic rings. The molecule has 70 valence electrons. The number of aliphatic hydroxyl groups is 1. The molecule has 0 aliphatic carbocycles. The molecule has 4 heteroatoms. The highest BCUT2D eigenvalue weighted by atomic mass is 19.1. The standard InChI is InChI=1S/C9H10FNO2/c1-13-9(11)8(12)6-4-2-3-5-7(6)10/h2-5,8,11-12H,1H3. The van der Waals surface area contributed by atoms with Gasteiger partial charge in [-0.3, -0.25) is 5.41 Å². The predicted octanol–water partition coefficient (Wildman–Crippen LogP) is 1.48. The van der Waals surface area contributed by atoms with E-state index in [1.165, 1.54) is 25.3 Å². The minimum atomic E-state index is -1.33. The zero-order valence-corrected chi connectivity index (χ0v) is 7.12. The number of methoxy groups -OCH3 is 1. The van der Waals surface area contributed by atoms with Crippen molar-refractivity contribution in [3.05, 3.63) is 35.6 Å². The van der Waals surface area contributed by atoms with Gasteiger partial charge in [0.25, 0.3) is 0 Å². The molecule has 0 spiro atoms. The molecule has 0 saturated carbocycles. The number of halogens is 1. The van der Waals surface area contributed by atoms with Crippen molar-refractivity contribution in [3.8, 4) is 0 Å². The van der Waals surface area contributed by atoms with Crippen molar-refractivity contribution >= 4 is 5.90 Å². The molecule has 0 aromatic heterocycles. The Bertz CT molecular complexity index is 314. The van der Waals surface area contributed by atoms with Gasteiger partial charge in [-0.15, -0.1) is 0 Å². The molecule has 0 amide bonds. The fraction of sp³-hybridized carbons (Fsp3) is 0.222. The molecule has 1 aromatic carbocycles. The van der Waals surface area contributed by atoms with E-state index in [9.17, 15) is 9.50 Å². The first-order chi connectivity index (χ1) is 6.16. The average Bonchev–Trinajstić information content (AvgIpc) is 2.16. The molecule has 0 fully saturated rings. The Kier molecular flexibility index (Phi) is 2.97. The second-order valence-corrected chi connectivity index (χ2v) is 2.49. The lowest BCUT2D eigenvalue weighted by Gasteiger charge is -2.11. The van der Waals surface area contributed by atoms with Crippen LogP contribution in [0.25, 0.3) is 0 Å². The molecule has 1 atom stereocenters. The smallest absolute Gasteiger partial charge is 0.214 e. The quantitative estimate of drug-likeness (QED) is 0.539. The van der Waals surface area contributed by atoms with Crippen LogP contribution in [0.2, 0.25) is 0 Å². The van der Waals surface area contributed by atoms with Crippen LogP contribution in [-0.4, -0.2) is 18.1 Å². The first kappa shape index (κ1) is 9.67. The second-order valence-electron chi connectivity index (χ2n) is 2.49. The molecular weight excluding hydrogens is 173 g/mol. The highest BCUT2D eigenvalue weighted by Crippen LogP contribution is 2.17. The van der Waals surface area contributed by atoms with Crippen LogP contribution >= 0.6 is 0 Å². The van der Waals surface area contributed by atoms with Gasteiger partial charge in [0.05, 0.1) is 7.11 Å².